The summed E-state index contributed by atoms with van der Waals surface area (Å²) in [6, 6.07) is 0. The lowest BCUT2D eigenvalue weighted by Crippen LogP contribution is -2.45. The molecule has 0 aromatic carbocycles. The Hall–Kier alpha value is -0.910. The van der Waals surface area contributed by atoms with Crippen LogP contribution in [0.1, 0.15) is 18.3 Å². The average molecular weight is 298 g/mol. The molecule has 0 aliphatic carbocycles. The van der Waals surface area contributed by atoms with Crippen LogP contribution < -0.4 is 5.32 Å². The van der Waals surface area contributed by atoms with Gasteiger partial charge in [0.05, 0.1) is 0 Å². The van der Waals surface area contributed by atoms with E-state index < -0.39 is 0 Å². The number of anilines is 1. The number of hydrogen-bond acceptors (Lipinski definition) is 5. The fourth-order valence-corrected chi connectivity index (χ4v) is 2.45. The van der Waals surface area contributed by atoms with Gasteiger partial charge in [0, 0.05) is 51.3 Å². The molecule has 1 aromatic heterocycles. The fraction of sp³-hybridized carbons (Fsp3) is 0.714. The van der Waals surface area contributed by atoms with Crippen molar-refractivity contribution in [3.63, 3.8) is 0 Å². The summed E-state index contributed by atoms with van der Waals surface area (Å²) in [5, 5.41) is 3.95. The second-order valence-electron chi connectivity index (χ2n) is 5.33. The zero-order valence-corrected chi connectivity index (χ0v) is 13.4. The van der Waals surface area contributed by atoms with Crippen LogP contribution in [0, 0.1) is 6.92 Å². The third kappa shape index (κ3) is 4.04. The molecule has 1 aliphatic heterocycles. The van der Waals surface area contributed by atoms with Crippen molar-refractivity contribution in [2.75, 3.05) is 51.6 Å². The van der Waals surface area contributed by atoms with E-state index in [4.69, 9.17) is 11.6 Å². The highest BCUT2D eigenvalue weighted by molar-refractivity contribution is 6.30. The van der Waals surface area contributed by atoms with Crippen molar-refractivity contribution in [1.29, 1.82) is 0 Å². The summed E-state index contributed by atoms with van der Waals surface area (Å²) >= 11 is 6.13. The van der Waals surface area contributed by atoms with Gasteiger partial charge in [0.25, 0.3) is 0 Å². The first kappa shape index (κ1) is 15.5. The lowest BCUT2D eigenvalue weighted by Gasteiger charge is -2.32. The number of aromatic nitrogens is 2. The van der Waals surface area contributed by atoms with Gasteiger partial charge < -0.3 is 10.2 Å². The number of rotatable bonds is 5. The molecule has 20 heavy (non-hydrogen) atoms. The van der Waals surface area contributed by atoms with Gasteiger partial charge in [-0.05, 0) is 14.0 Å². The molecule has 0 unspecified atom stereocenters. The quantitative estimate of drug-likeness (QED) is 0.838. The van der Waals surface area contributed by atoms with Crippen LogP contribution in [0.3, 0.4) is 0 Å². The van der Waals surface area contributed by atoms with E-state index >= 15 is 0 Å². The molecule has 2 rings (SSSR count). The van der Waals surface area contributed by atoms with E-state index in [1.54, 1.807) is 0 Å². The first-order chi connectivity index (χ1) is 9.60. The number of likely N-dealkylation sites (N-methyl/N-ethyl adjacent to an activating group) is 1. The van der Waals surface area contributed by atoms with Crippen molar-refractivity contribution in [3.05, 3.63) is 16.5 Å². The van der Waals surface area contributed by atoms with Crippen molar-refractivity contribution in [2.45, 2.75) is 20.3 Å². The van der Waals surface area contributed by atoms with Crippen LogP contribution in [0.4, 0.5) is 5.82 Å². The molecule has 1 aliphatic rings. The second-order valence-corrected chi connectivity index (χ2v) is 5.69. The third-order valence-corrected chi connectivity index (χ3v) is 4.13. The van der Waals surface area contributed by atoms with Crippen LogP contribution in [0.2, 0.25) is 5.15 Å². The highest BCUT2D eigenvalue weighted by atomic mass is 35.5. The zero-order chi connectivity index (χ0) is 14.5. The zero-order valence-electron chi connectivity index (χ0n) is 12.6. The predicted octanol–water partition coefficient (Wildman–Crippen LogP) is 1.66. The SMILES string of the molecule is CCc1nc(Cl)c(C)c(NCCN2CCN(C)CC2)n1. The molecule has 0 amide bonds. The summed E-state index contributed by atoms with van der Waals surface area (Å²) < 4.78 is 0. The van der Waals surface area contributed by atoms with Gasteiger partial charge >= 0.3 is 0 Å². The Kier molecular flexibility index (Phi) is 5.57. The monoisotopic (exact) mass is 297 g/mol. The first-order valence-electron chi connectivity index (χ1n) is 7.28. The number of halogens is 1. The minimum absolute atomic E-state index is 0.555. The van der Waals surface area contributed by atoms with E-state index in [0.29, 0.717) is 5.15 Å². The van der Waals surface area contributed by atoms with Gasteiger partial charge in [-0.3, -0.25) is 4.90 Å². The summed E-state index contributed by atoms with van der Waals surface area (Å²) in [7, 11) is 2.17. The molecule has 0 atom stereocenters. The van der Waals surface area contributed by atoms with Crippen molar-refractivity contribution in [1.82, 2.24) is 19.8 Å². The van der Waals surface area contributed by atoms with Crippen molar-refractivity contribution in [3.8, 4) is 0 Å². The Morgan fingerprint density at radius 3 is 2.55 bits per heavy atom. The molecule has 0 bridgehead atoms. The molecule has 1 aromatic rings. The topological polar surface area (TPSA) is 44.3 Å². The molecular weight excluding hydrogens is 274 g/mol. The highest BCUT2D eigenvalue weighted by Gasteiger charge is 2.13. The average Bonchev–Trinajstić information content (AvgIpc) is 2.45. The van der Waals surface area contributed by atoms with Crippen LogP contribution >= 0.6 is 11.6 Å². The van der Waals surface area contributed by atoms with E-state index in [9.17, 15) is 0 Å². The maximum absolute atomic E-state index is 6.13. The number of aryl methyl sites for hydroxylation is 1. The van der Waals surface area contributed by atoms with Gasteiger partial charge in [-0.25, -0.2) is 9.97 Å². The Balaban J connectivity index is 1.86. The molecule has 112 valence electrons. The Labute approximate surface area is 126 Å². The Morgan fingerprint density at radius 2 is 1.90 bits per heavy atom. The summed E-state index contributed by atoms with van der Waals surface area (Å²) in [6.07, 6.45) is 0.799. The molecule has 1 saturated heterocycles. The van der Waals surface area contributed by atoms with Gasteiger partial charge in [-0.15, -0.1) is 0 Å². The third-order valence-electron chi connectivity index (χ3n) is 3.77. The van der Waals surface area contributed by atoms with Gasteiger partial charge in [0.1, 0.15) is 16.8 Å². The lowest BCUT2D eigenvalue weighted by molar-refractivity contribution is 0.158. The van der Waals surface area contributed by atoms with Gasteiger partial charge in [-0.2, -0.15) is 0 Å². The number of piperazine rings is 1. The van der Waals surface area contributed by atoms with E-state index in [0.717, 1.165) is 62.9 Å². The van der Waals surface area contributed by atoms with Gasteiger partial charge in [-0.1, -0.05) is 18.5 Å². The van der Waals surface area contributed by atoms with Crippen LogP contribution in [-0.2, 0) is 6.42 Å². The van der Waals surface area contributed by atoms with Crippen LogP contribution in [0.15, 0.2) is 0 Å². The predicted molar refractivity (Wildman–Crippen MR) is 83.6 cm³/mol. The maximum Gasteiger partial charge on any atom is 0.137 e. The first-order valence-corrected chi connectivity index (χ1v) is 7.65. The second kappa shape index (κ2) is 7.20. The molecule has 5 nitrogen and oxygen atoms in total. The van der Waals surface area contributed by atoms with Crippen molar-refractivity contribution in [2.24, 2.45) is 0 Å². The van der Waals surface area contributed by atoms with Crippen LogP contribution in [0.25, 0.3) is 0 Å². The van der Waals surface area contributed by atoms with E-state index in [1.165, 1.54) is 0 Å². The number of hydrogen-bond donors (Lipinski definition) is 1. The standard InChI is InChI=1S/C14H24ClN5/c1-4-12-17-13(15)11(2)14(18-12)16-5-6-20-9-7-19(3)8-10-20/h4-10H2,1-3H3,(H,16,17,18). The molecule has 1 fully saturated rings. The number of nitrogens with one attached hydrogen (secondary N) is 1. The molecule has 6 heteroatoms. The molecule has 2 heterocycles. The summed E-state index contributed by atoms with van der Waals surface area (Å²) in [5.74, 6) is 1.67. The Morgan fingerprint density at radius 1 is 1.20 bits per heavy atom. The molecular formula is C14H24ClN5. The van der Waals surface area contributed by atoms with Gasteiger partial charge in [0.15, 0.2) is 0 Å². The van der Waals surface area contributed by atoms with Crippen LogP contribution in [-0.4, -0.2) is 66.1 Å². The molecule has 0 spiro atoms. The van der Waals surface area contributed by atoms with E-state index in [1.807, 2.05) is 13.8 Å². The van der Waals surface area contributed by atoms with E-state index in [-0.39, 0.29) is 0 Å². The van der Waals surface area contributed by atoms with Crippen molar-refractivity contribution >= 4 is 17.4 Å². The maximum atomic E-state index is 6.13. The summed E-state index contributed by atoms with van der Waals surface area (Å²) in [5.41, 5.74) is 0.933. The minimum Gasteiger partial charge on any atom is -0.368 e. The highest BCUT2D eigenvalue weighted by Crippen LogP contribution is 2.19. The largest absolute Gasteiger partial charge is 0.368 e. The normalized spacial score (nSPS) is 17.4. The fourth-order valence-electron chi connectivity index (χ4n) is 2.27. The van der Waals surface area contributed by atoms with E-state index in [2.05, 4.69) is 32.1 Å². The molecule has 0 saturated carbocycles. The smallest absolute Gasteiger partial charge is 0.137 e. The summed E-state index contributed by atoms with van der Waals surface area (Å²) in [6.45, 7) is 10.5. The molecule has 0 radical (unpaired) electrons. The number of nitrogens with zero attached hydrogens (tertiary/aromatic N) is 4. The van der Waals surface area contributed by atoms with Crippen LogP contribution in [0.5, 0.6) is 0 Å². The lowest BCUT2D eigenvalue weighted by atomic mass is 10.3. The van der Waals surface area contributed by atoms with Gasteiger partial charge in [0.2, 0.25) is 0 Å². The minimum atomic E-state index is 0.555. The summed E-state index contributed by atoms with van der Waals surface area (Å²) in [4.78, 5) is 13.6. The Bertz CT molecular complexity index is 443. The van der Waals surface area contributed by atoms with Crippen molar-refractivity contribution < 1.29 is 0 Å². The molecule has 1 N–H and O–H groups in total.